The fraction of sp³-hybridized carbons (Fsp3) is 0.0435. The van der Waals surface area contributed by atoms with Crippen LogP contribution in [0.4, 0.5) is 0 Å². The highest BCUT2D eigenvalue weighted by atomic mass is 79.9. The molecule has 0 atom stereocenters. The van der Waals surface area contributed by atoms with Crippen LogP contribution in [0.2, 0.25) is 0 Å². The summed E-state index contributed by atoms with van der Waals surface area (Å²) in [7, 11) is 0. The number of carbonyl (C=O) groups excluding carboxylic acids is 1. The smallest absolute Gasteiger partial charge is 0.271 e. The molecule has 0 aliphatic heterocycles. The number of aryl methyl sites for hydroxylation is 1. The van der Waals surface area contributed by atoms with Crippen molar-refractivity contribution in [3.05, 3.63) is 98.8 Å². The van der Waals surface area contributed by atoms with E-state index in [1.807, 2.05) is 54.6 Å². The summed E-state index contributed by atoms with van der Waals surface area (Å²) in [6.07, 6.45) is 1.64. The van der Waals surface area contributed by atoms with E-state index in [1.54, 1.807) is 17.6 Å². The van der Waals surface area contributed by atoms with Crippen LogP contribution in [0.15, 0.2) is 87.8 Å². The zero-order chi connectivity index (χ0) is 20.2. The number of nitrogens with zero attached hydrogens (tertiary/aromatic N) is 2. The van der Waals surface area contributed by atoms with Crippen LogP contribution in [-0.2, 0) is 0 Å². The third kappa shape index (κ3) is 4.39. The lowest BCUT2D eigenvalue weighted by Gasteiger charge is -2.12. The molecule has 0 radical (unpaired) electrons. The molecule has 1 amide bonds. The Bertz CT molecular complexity index is 1160. The molecule has 4 rings (SSSR count). The molecule has 2 aromatic heterocycles. The maximum atomic E-state index is 12.4. The molecule has 29 heavy (non-hydrogen) atoms. The van der Waals surface area contributed by atoms with Crippen LogP contribution >= 0.6 is 27.3 Å². The molecule has 2 aromatic carbocycles. The molecule has 4 aromatic rings. The topological polar surface area (TPSA) is 46.4 Å². The first-order valence-electron chi connectivity index (χ1n) is 9.05. The second kappa shape index (κ2) is 8.59. The number of benzene rings is 2. The van der Waals surface area contributed by atoms with Crippen LogP contribution in [0.1, 0.15) is 20.9 Å². The molecule has 2 heterocycles. The summed E-state index contributed by atoms with van der Waals surface area (Å²) in [6.45, 7) is 2.07. The number of thiophene rings is 1. The first kappa shape index (κ1) is 19.4. The second-order valence-corrected chi connectivity index (χ2v) is 8.94. The van der Waals surface area contributed by atoms with Gasteiger partial charge in [-0.15, -0.1) is 11.3 Å². The SMILES string of the molecule is Cc1ccc(-c2ccccc2)n1-c1ccc(C(=O)N/N=C/c2ccc(Br)s2)cc1. The van der Waals surface area contributed by atoms with Crippen molar-refractivity contribution in [2.24, 2.45) is 5.10 Å². The average Bonchev–Trinajstić information content (AvgIpc) is 3.34. The van der Waals surface area contributed by atoms with Gasteiger partial charge in [0.2, 0.25) is 0 Å². The van der Waals surface area contributed by atoms with Crippen LogP contribution < -0.4 is 5.43 Å². The lowest BCUT2D eigenvalue weighted by atomic mass is 10.1. The van der Waals surface area contributed by atoms with Gasteiger partial charge >= 0.3 is 0 Å². The maximum Gasteiger partial charge on any atom is 0.271 e. The van der Waals surface area contributed by atoms with Crippen molar-refractivity contribution >= 4 is 39.4 Å². The highest BCUT2D eigenvalue weighted by Gasteiger charge is 2.10. The van der Waals surface area contributed by atoms with E-state index < -0.39 is 0 Å². The third-order valence-corrected chi connectivity index (χ3v) is 6.04. The zero-order valence-corrected chi connectivity index (χ0v) is 18.1. The monoisotopic (exact) mass is 463 g/mol. The standard InChI is InChI=1S/C23H18BrN3OS/c1-16-7-13-21(17-5-3-2-4-6-17)27(16)19-10-8-18(9-11-19)23(28)26-25-15-20-12-14-22(24)29-20/h2-15H,1H3,(H,26,28)/b25-15+. The second-order valence-electron chi connectivity index (χ2n) is 6.45. The van der Waals surface area contributed by atoms with Gasteiger partial charge in [-0.2, -0.15) is 5.10 Å². The van der Waals surface area contributed by atoms with Crippen molar-refractivity contribution < 1.29 is 4.79 Å². The summed E-state index contributed by atoms with van der Waals surface area (Å²) >= 11 is 4.95. The summed E-state index contributed by atoms with van der Waals surface area (Å²) in [5.41, 5.74) is 7.54. The van der Waals surface area contributed by atoms with Gasteiger partial charge < -0.3 is 4.57 Å². The van der Waals surface area contributed by atoms with E-state index in [0.29, 0.717) is 5.56 Å². The molecule has 0 fully saturated rings. The van der Waals surface area contributed by atoms with Crippen LogP contribution in [0, 0.1) is 6.92 Å². The Morgan fingerprint density at radius 1 is 1.00 bits per heavy atom. The van der Waals surface area contributed by atoms with Crippen molar-refractivity contribution in [3.8, 4) is 16.9 Å². The number of aromatic nitrogens is 1. The van der Waals surface area contributed by atoms with Crippen molar-refractivity contribution in [3.63, 3.8) is 0 Å². The minimum atomic E-state index is -0.240. The van der Waals surface area contributed by atoms with Crippen molar-refractivity contribution in [1.29, 1.82) is 0 Å². The molecule has 0 bridgehead atoms. The molecule has 0 saturated heterocycles. The number of halogens is 1. The van der Waals surface area contributed by atoms with E-state index in [0.717, 1.165) is 31.3 Å². The Kier molecular flexibility index (Phi) is 5.74. The van der Waals surface area contributed by atoms with Gasteiger partial charge in [-0.05, 0) is 76.9 Å². The Hall–Kier alpha value is -2.96. The number of rotatable bonds is 5. The number of carbonyl (C=O) groups is 1. The van der Waals surface area contributed by atoms with Crippen LogP contribution in [0.25, 0.3) is 16.9 Å². The molecular weight excluding hydrogens is 446 g/mol. The molecule has 1 N–H and O–H groups in total. The van der Waals surface area contributed by atoms with Gasteiger partial charge in [0.05, 0.1) is 15.7 Å². The summed E-state index contributed by atoms with van der Waals surface area (Å²) in [4.78, 5) is 13.3. The van der Waals surface area contributed by atoms with Crippen LogP contribution in [0.5, 0.6) is 0 Å². The highest BCUT2D eigenvalue weighted by Crippen LogP contribution is 2.26. The van der Waals surface area contributed by atoms with Gasteiger partial charge in [0.15, 0.2) is 0 Å². The Morgan fingerprint density at radius 2 is 1.76 bits per heavy atom. The zero-order valence-electron chi connectivity index (χ0n) is 15.7. The van der Waals surface area contributed by atoms with E-state index in [9.17, 15) is 4.79 Å². The highest BCUT2D eigenvalue weighted by molar-refractivity contribution is 9.11. The molecule has 0 aliphatic rings. The summed E-state index contributed by atoms with van der Waals surface area (Å²) in [5.74, 6) is -0.240. The largest absolute Gasteiger partial charge is 0.314 e. The van der Waals surface area contributed by atoms with E-state index in [-0.39, 0.29) is 5.91 Å². The lowest BCUT2D eigenvalue weighted by Crippen LogP contribution is -2.17. The first-order valence-corrected chi connectivity index (χ1v) is 10.7. The molecule has 4 nitrogen and oxygen atoms in total. The molecular formula is C23H18BrN3OS. The molecule has 0 saturated carbocycles. The van der Waals surface area contributed by atoms with E-state index in [1.165, 1.54) is 0 Å². The van der Waals surface area contributed by atoms with Gasteiger partial charge in [0.25, 0.3) is 5.91 Å². The Balaban J connectivity index is 1.52. The van der Waals surface area contributed by atoms with E-state index >= 15 is 0 Å². The van der Waals surface area contributed by atoms with Gasteiger partial charge in [0.1, 0.15) is 0 Å². The number of amides is 1. The van der Waals surface area contributed by atoms with Gasteiger partial charge in [-0.25, -0.2) is 5.43 Å². The van der Waals surface area contributed by atoms with Crippen molar-refractivity contribution in [2.45, 2.75) is 6.92 Å². The van der Waals surface area contributed by atoms with E-state index in [2.05, 4.69) is 62.2 Å². The molecule has 0 unspecified atom stereocenters. The average molecular weight is 464 g/mol. The lowest BCUT2D eigenvalue weighted by molar-refractivity contribution is 0.0955. The molecule has 0 spiro atoms. The number of hydrazone groups is 1. The van der Waals surface area contributed by atoms with Crippen LogP contribution in [-0.4, -0.2) is 16.7 Å². The number of hydrogen-bond acceptors (Lipinski definition) is 3. The Morgan fingerprint density at radius 3 is 2.45 bits per heavy atom. The summed E-state index contributed by atoms with van der Waals surface area (Å²) in [6, 6.07) is 25.9. The molecule has 0 aliphatic carbocycles. The van der Waals surface area contributed by atoms with Gasteiger partial charge in [0, 0.05) is 21.8 Å². The maximum absolute atomic E-state index is 12.4. The van der Waals surface area contributed by atoms with E-state index in [4.69, 9.17) is 0 Å². The van der Waals surface area contributed by atoms with Crippen molar-refractivity contribution in [1.82, 2.24) is 9.99 Å². The minimum absolute atomic E-state index is 0.240. The number of nitrogens with one attached hydrogen (secondary N) is 1. The number of hydrogen-bond donors (Lipinski definition) is 1. The van der Waals surface area contributed by atoms with Crippen molar-refractivity contribution in [2.75, 3.05) is 0 Å². The summed E-state index contributed by atoms with van der Waals surface area (Å²) in [5, 5.41) is 4.03. The third-order valence-electron chi connectivity index (χ3n) is 4.49. The summed E-state index contributed by atoms with van der Waals surface area (Å²) < 4.78 is 3.21. The quantitative estimate of drug-likeness (QED) is 0.284. The first-order chi connectivity index (χ1) is 14.1. The Labute approximate surface area is 181 Å². The fourth-order valence-corrected chi connectivity index (χ4v) is 4.39. The fourth-order valence-electron chi connectivity index (χ4n) is 3.09. The predicted octanol–water partition coefficient (Wildman–Crippen LogP) is 6.04. The van der Waals surface area contributed by atoms with Gasteiger partial charge in [-0.3, -0.25) is 4.79 Å². The minimum Gasteiger partial charge on any atom is -0.314 e. The molecule has 144 valence electrons. The van der Waals surface area contributed by atoms with Crippen LogP contribution in [0.3, 0.4) is 0 Å². The predicted molar refractivity (Wildman–Crippen MR) is 123 cm³/mol. The normalized spacial score (nSPS) is 11.1. The van der Waals surface area contributed by atoms with Gasteiger partial charge in [-0.1, -0.05) is 30.3 Å². The molecule has 6 heteroatoms.